The number of aryl methyl sites for hydroxylation is 2. The number of thiazole rings is 1. The number of amides is 1. The number of hydrogen-bond acceptors (Lipinski definition) is 5. The molecule has 4 rings (SSSR count). The molecule has 0 spiro atoms. The van der Waals surface area contributed by atoms with E-state index >= 15 is 0 Å². The monoisotopic (exact) mass is 518 g/mol. The van der Waals surface area contributed by atoms with E-state index in [0.29, 0.717) is 28.9 Å². The molecule has 0 unspecified atom stereocenters. The molecule has 4 aromatic rings. The first kappa shape index (κ1) is 26.0. The molecule has 0 saturated heterocycles. The highest BCUT2D eigenvalue weighted by molar-refractivity contribution is 7.22. The molecule has 2 aromatic heterocycles. The van der Waals surface area contributed by atoms with Crippen molar-refractivity contribution in [2.75, 3.05) is 18.1 Å². The summed E-state index contributed by atoms with van der Waals surface area (Å²) in [5, 5.41) is 1.35. The van der Waals surface area contributed by atoms with E-state index < -0.39 is 0 Å². The van der Waals surface area contributed by atoms with E-state index in [-0.39, 0.29) is 18.3 Å². The fourth-order valence-electron chi connectivity index (χ4n) is 3.56. The molecule has 0 bridgehead atoms. The summed E-state index contributed by atoms with van der Waals surface area (Å²) in [6, 6.07) is 11.2. The lowest BCUT2D eigenvalue weighted by molar-refractivity contribution is 0.0986. The molecule has 0 aliphatic heterocycles. The number of ether oxygens (including phenoxy) is 1. The van der Waals surface area contributed by atoms with Crippen molar-refractivity contribution in [1.82, 2.24) is 14.5 Å². The van der Waals surface area contributed by atoms with E-state index in [1.807, 2.05) is 54.1 Å². The summed E-state index contributed by atoms with van der Waals surface area (Å²) in [5.74, 6) is 0.695. The Morgan fingerprint density at radius 1 is 1.21 bits per heavy atom. The molecular weight excluding hydrogens is 491 g/mol. The first-order chi connectivity index (χ1) is 16.0. The van der Waals surface area contributed by atoms with Gasteiger partial charge in [-0.1, -0.05) is 36.3 Å². The number of halogens is 2. The Morgan fingerprint density at radius 2 is 2.00 bits per heavy atom. The number of nitrogens with zero attached hydrogens (tertiary/aromatic N) is 4. The first-order valence-corrected chi connectivity index (χ1v) is 12.3. The Hall–Kier alpha value is -2.61. The molecule has 2 aromatic carbocycles. The highest BCUT2D eigenvalue weighted by Crippen LogP contribution is 2.34. The quantitative estimate of drug-likeness (QED) is 0.217. The standard InChI is InChI=1S/C25H27ClN4O2S.ClH/c1-3-4-14-32-21-8-6-19(7-9-21)24(31)30(12-5-11-29-13-10-27-17-29)25-28-23-18(2)15-20(26)16-22(23)33-25;/h6-10,13,15-17H,3-5,11-12,14H2,1-2H3;1H. The van der Waals surface area contributed by atoms with Crippen LogP contribution in [-0.2, 0) is 6.54 Å². The van der Waals surface area contributed by atoms with E-state index in [0.717, 1.165) is 47.3 Å². The van der Waals surface area contributed by atoms with E-state index in [4.69, 9.17) is 21.3 Å². The van der Waals surface area contributed by atoms with Crippen molar-refractivity contribution in [3.63, 3.8) is 0 Å². The molecule has 9 heteroatoms. The van der Waals surface area contributed by atoms with E-state index in [1.54, 1.807) is 17.4 Å². The van der Waals surface area contributed by atoms with E-state index in [1.165, 1.54) is 11.3 Å². The Balaban J connectivity index is 0.00000324. The summed E-state index contributed by atoms with van der Waals surface area (Å²) in [7, 11) is 0. The summed E-state index contributed by atoms with van der Waals surface area (Å²) in [5.41, 5.74) is 2.49. The van der Waals surface area contributed by atoms with Crippen LogP contribution in [0.25, 0.3) is 10.2 Å². The van der Waals surface area contributed by atoms with Crippen molar-refractivity contribution in [3.8, 4) is 5.75 Å². The predicted octanol–water partition coefficient (Wildman–Crippen LogP) is 6.79. The molecule has 2 heterocycles. The molecule has 34 heavy (non-hydrogen) atoms. The minimum absolute atomic E-state index is 0. The zero-order chi connectivity index (χ0) is 23.2. The van der Waals surface area contributed by atoms with Crippen molar-refractivity contribution in [2.24, 2.45) is 0 Å². The summed E-state index contributed by atoms with van der Waals surface area (Å²) >= 11 is 7.74. The second-order valence-electron chi connectivity index (χ2n) is 7.90. The van der Waals surface area contributed by atoms with Gasteiger partial charge in [-0.2, -0.15) is 0 Å². The Labute approximate surface area is 215 Å². The third-order valence-corrected chi connectivity index (χ3v) is 6.58. The van der Waals surface area contributed by atoms with Gasteiger partial charge in [-0.05, 0) is 61.7 Å². The van der Waals surface area contributed by atoms with Crippen molar-refractivity contribution in [3.05, 3.63) is 71.3 Å². The zero-order valence-corrected chi connectivity index (χ0v) is 21.6. The van der Waals surface area contributed by atoms with Gasteiger partial charge in [0, 0.05) is 36.1 Å². The second-order valence-corrected chi connectivity index (χ2v) is 9.35. The van der Waals surface area contributed by atoms with Crippen LogP contribution in [0.4, 0.5) is 5.13 Å². The normalized spacial score (nSPS) is 10.8. The number of fused-ring (bicyclic) bond motifs is 1. The molecule has 180 valence electrons. The SMILES string of the molecule is CCCCOc1ccc(C(=O)N(CCCn2ccnc2)c2nc3c(C)cc(Cl)cc3s2)cc1.Cl. The highest BCUT2D eigenvalue weighted by Gasteiger charge is 2.22. The van der Waals surface area contributed by atoms with Gasteiger partial charge in [0.05, 0.1) is 23.2 Å². The van der Waals surface area contributed by atoms with Crippen LogP contribution in [0.2, 0.25) is 5.02 Å². The van der Waals surface area contributed by atoms with Gasteiger partial charge in [0.1, 0.15) is 5.75 Å². The number of benzene rings is 2. The van der Waals surface area contributed by atoms with Gasteiger partial charge in [0.2, 0.25) is 0 Å². The molecule has 0 N–H and O–H groups in total. The molecular formula is C25H28Cl2N4O2S. The van der Waals surface area contributed by atoms with Gasteiger partial charge in [-0.15, -0.1) is 12.4 Å². The lowest BCUT2D eigenvalue weighted by Gasteiger charge is -2.20. The number of unbranched alkanes of at least 4 members (excludes halogenated alkanes) is 1. The molecule has 0 fully saturated rings. The van der Waals surface area contributed by atoms with Gasteiger partial charge in [-0.25, -0.2) is 9.97 Å². The number of imidazole rings is 1. The van der Waals surface area contributed by atoms with Gasteiger partial charge >= 0.3 is 0 Å². The molecule has 0 saturated carbocycles. The summed E-state index contributed by atoms with van der Waals surface area (Å²) in [6.45, 7) is 6.10. The van der Waals surface area contributed by atoms with Gasteiger partial charge in [0.15, 0.2) is 5.13 Å². The van der Waals surface area contributed by atoms with Crippen LogP contribution in [0.5, 0.6) is 5.75 Å². The molecule has 1 amide bonds. The average molecular weight is 519 g/mol. The lowest BCUT2D eigenvalue weighted by atomic mass is 10.2. The van der Waals surface area contributed by atoms with Crippen molar-refractivity contribution >= 4 is 56.6 Å². The maximum absolute atomic E-state index is 13.5. The third-order valence-electron chi connectivity index (χ3n) is 5.34. The highest BCUT2D eigenvalue weighted by atomic mass is 35.5. The van der Waals surface area contributed by atoms with Crippen LogP contribution in [0.3, 0.4) is 0 Å². The maximum atomic E-state index is 13.5. The van der Waals surface area contributed by atoms with Gasteiger partial charge in [0.25, 0.3) is 5.91 Å². The fourth-order valence-corrected chi connectivity index (χ4v) is 5.00. The minimum atomic E-state index is -0.0801. The largest absolute Gasteiger partial charge is 0.494 e. The van der Waals surface area contributed by atoms with Crippen molar-refractivity contribution in [1.29, 1.82) is 0 Å². The first-order valence-electron chi connectivity index (χ1n) is 11.1. The number of aromatic nitrogens is 3. The maximum Gasteiger partial charge on any atom is 0.260 e. The summed E-state index contributed by atoms with van der Waals surface area (Å²) in [4.78, 5) is 24.2. The molecule has 0 aliphatic carbocycles. The minimum Gasteiger partial charge on any atom is -0.494 e. The predicted molar refractivity (Wildman–Crippen MR) is 142 cm³/mol. The Morgan fingerprint density at radius 3 is 2.71 bits per heavy atom. The third kappa shape index (κ3) is 6.29. The summed E-state index contributed by atoms with van der Waals surface area (Å²) < 4.78 is 8.72. The van der Waals surface area contributed by atoms with E-state index in [2.05, 4.69) is 11.9 Å². The van der Waals surface area contributed by atoms with Crippen molar-refractivity contribution in [2.45, 2.75) is 39.7 Å². The van der Waals surface area contributed by atoms with Gasteiger partial charge in [-0.3, -0.25) is 9.69 Å². The molecule has 0 radical (unpaired) electrons. The average Bonchev–Trinajstić information content (AvgIpc) is 3.47. The molecule has 0 aliphatic rings. The lowest BCUT2D eigenvalue weighted by Crippen LogP contribution is -2.32. The Kier molecular flexibility index (Phi) is 9.33. The summed E-state index contributed by atoms with van der Waals surface area (Å²) in [6.07, 6.45) is 8.33. The van der Waals surface area contributed by atoms with Crippen LogP contribution >= 0.6 is 35.3 Å². The van der Waals surface area contributed by atoms with Crippen LogP contribution < -0.4 is 9.64 Å². The van der Waals surface area contributed by atoms with Crippen LogP contribution in [-0.4, -0.2) is 33.6 Å². The van der Waals surface area contributed by atoms with Gasteiger partial charge < -0.3 is 9.30 Å². The van der Waals surface area contributed by atoms with Crippen molar-refractivity contribution < 1.29 is 9.53 Å². The molecule has 6 nitrogen and oxygen atoms in total. The number of carbonyl (C=O) groups excluding carboxylic acids is 1. The fraction of sp³-hybridized carbons (Fsp3) is 0.320. The number of carbonyl (C=O) groups is 1. The van der Waals surface area contributed by atoms with Crippen LogP contribution in [0, 0.1) is 6.92 Å². The number of anilines is 1. The van der Waals surface area contributed by atoms with Crippen LogP contribution in [0.1, 0.15) is 42.1 Å². The second kappa shape index (κ2) is 12.2. The molecule has 0 atom stereocenters. The van der Waals surface area contributed by atoms with Crippen LogP contribution in [0.15, 0.2) is 55.1 Å². The zero-order valence-electron chi connectivity index (χ0n) is 19.2. The topological polar surface area (TPSA) is 60.2 Å². The Bertz CT molecular complexity index is 1210. The van der Waals surface area contributed by atoms with E-state index in [9.17, 15) is 4.79 Å². The number of rotatable bonds is 10. The number of hydrogen-bond donors (Lipinski definition) is 0. The smallest absolute Gasteiger partial charge is 0.260 e.